The number of aromatic nitrogens is 1. The molecule has 0 unspecified atom stereocenters. The number of anilines is 1. The van der Waals surface area contributed by atoms with Crippen molar-refractivity contribution in [2.24, 2.45) is 5.41 Å². The summed E-state index contributed by atoms with van der Waals surface area (Å²) in [6, 6.07) is 8.12. The normalized spacial score (nSPS) is 16.5. The number of hydrogen-bond acceptors (Lipinski definition) is 4. The SMILES string of the molecule is CCc1nc2ccccc2c(NCC2(CS(C)(=O)=O)CC2)c1C. The van der Waals surface area contributed by atoms with Crippen LogP contribution in [0.2, 0.25) is 0 Å². The minimum absolute atomic E-state index is 0.0865. The Kier molecular flexibility index (Phi) is 4.08. The van der Waals surface area contributed by atoms with Crippen molar-refractivity contribution in [2.75, 3.05) is 23.9 Å². The molecule has 1 fully saturated rings. The first-order valence-corrected chi connectivity index (χ1v) is 10.2. The molecule has 0 atom stereocenters. The van der Waals surface area contributed by atoms with E-state index in [0.717, 1.165) is 41.5 Å². The van der Waals surface area contributed by atoms with E-state index in [-0.39, 0.29) is 11.2 Å². The van der Waals surface area contributed by atoms with Crippen LogP contribution < -0.4 is 5.32 Å². The molecule has 3 rings (SSSR count). The van der Waals surface area contributed by atoms with Gasteiger partial charge in [0.25, 0.3) is 0 Å². The molecule has 2 aromatic rings. The maximum Gasteiger partial charge on any atom is 0.148 e. The molecule has 1 aliphatic carbocycles. The van der Waals surface area contributed by atoms with Gasteiger partial charge in [-0.2, -0.15) is 0 Å². The fraction of sp³-hybridized carbons (Fsp3) is 0.500. The van der Waals surface area contributed by atoms with Crippen LogP contribution in [0, 0.1) is 12.3 Å². The van der Waals surface area contributed by atoms with E-state index >= 15 is 0 Å². The summed E-state index contributed by atoms with van der Waals surface area (Å²) in [6.07, 6.45) is 4.18. The Labute approximate surface area is 138 Å². The number of benzene rings is 1. The van der Waals surface area contributed by atoms with Crippen LogP contribution in [-0.4, -0.2) is 32.0 Å². The minimum Gasteiger partial charge on any atom is -0.384 e. The van der Waals surface area contributed by atoms with Crippen LogP contribution in [0.25, 0.3) is 10.9 Å². The monoisotopic (exact) mass is 332 g/mol. The van der Waals surface area contributed by atoms with Crippen molar-refractivity contribution in [3.05, 3.63) is 35.5 Å². The van der Waals surface area contributed by atoms with E-state index in [1.165, 1.54) is 11.8 Å². The molecule has 1 N–H and O–H groups in total. The van der Waals surface area contributed by atoms with Crippen molar-refractivity contribution in [1.82, 2.24) is 4.98 Å². The van der Waals surface area contributed by atoms with Crippen molar-refractivity contribution < 1.29 is 8.42 Å². The smallest absolute Gasteiger partial charge is 0.148 e. The van der Waals surface area contributed by atoms with Crippen LogP contribution in [0.3, 0.4) is 0 Å². The number of fused-ring (bicyclic) bond motifs is 1. The summed E-state index contributed by atoms with van der Waals surface area (Å²) in [5, 5.41) is 4.66. The summed E-state index contributed by atoms with van der Waals surface area (Å²) in [5.41, 5.74) is 4.27. The quantitative estimate of drug-likeness (QED) is 0.881. The summed E-state index contributed by atoms with van der Waals surface area (Å²) < 4.78 is 23.3. The third-order valence-electron chi connectivity index (χ3n) is 4.74. The van der Waals surface area contributed by atoms with Gasteiger partial charge in [0, 0.05) is 35.0 Å². The number of nitrogens with one attached hydrogen (secondary N) is 1. The largest absolute Gasteiger partial charge is 0.384 e. The van der Waals surface area contributed by atoms with Crippen molar-refractivity contribution in [1.29, 1.82) is 0 Å². The first-order chi connectivity index (χ1) is 10.8. The number of nitrogens with zero attached hydrogens (tertiary/aromatic N) is 1. The van der Waals surface area contributed by atoms with E-state index in [2.05, 4.69) is 25.2 Å². The van der Waals surface area contributed by atoms with Crippen molar-refractivity contribution in [3.63, 3.8) is 0 Å². The molecule has 1 aromatic heterocycles. The zero-order valence-corrected chi connectivity index (χ0v) is 14.8. The van der Waals surface area contributed by atoms with Crippen LogP contribution >= 0.6 is 0 Å². The first kappa shape index (κ1) is 16.2. The lowest BCUT2D eigenvalue weighted by atomic mass is 10.0. The zero-order valence-electron chi connectivity index (χ0n) is 14.0. The Morgan fingerprint density at radius 2 is 1.96 bits per heavy atom. The highest BCUT2D eigenvalue weighted by Crippen LogP contribution is 2.47. The van der Waals surface area contributed by atoms with Crippen molar-refractivity contribution >= 4 is 26.4 Å². The standard InChI is InChI=1S/C18H24N2O2S/c1-4-15-13(2)17(14-7-5-6-8-16(14)20-15)19-11-18(9-10-18)12-23(3,21)22/h5-8H,4,9-12H2,1-3H3,(H,19,20). The molecule has 23 heavy (non-hydrogen) atoms. The van der Waals surface area contributed by atoms with Crippen LogP contribution in [0.15, 0.2) is 24.3 Å². The number of sulfone groups is 1. The highest BCUT2D eigenvalue weighted by molar-refractivity contribution is 7.90. The van der Waals surface area contributed by atoms with E-state index in [1.807, 2.05) is 18.2 Å². The van der Waals surface area contributed by atoms with Gasteiger partial charge in [-0.15, -0.1) is 0 Å². The maximum atomic E-state index is 11.6. The highest BCUT2D eigenvalue weighted by Gasteiger charge is 2.45. The summed E-state index contributed by atoms with van der Waals surface area (Å²) >= 11 is 0. The molecule has 5 heteroatoms. The molecule has 0 saturated heterocycles. The number of hydrogen-bond donors (Lipinski definition) is 1. The van der Waals surface area contributed by atoms with E-state index in [0.29, 0.717) is 6.54 Å². The van der Waals surface area contributed by atoms with Gasteiger partial charge in [-0.1, -0.05) is 25.1 Å². The second-order valence-corrected chi connectivity index (χ2v) is 8.99. The molecule has 0 bridgehead atoms. The molecule has 0 spiro atoms. The molecule has 1 aromatic carbocycles. The number of rotatable bonds is 6. The summed E-state index contributed by atoms with van der Waals surface area (Å²) in [6.45, 7) is 4.91. The van der Waals surface area contributed by atoms with Gasteiger partial charge in [0.1, 0.15) is 9.84 Å². The maximum absolute atomic E-state index is 11.6. The Balaban J connectivity index is 1.92. The fourth-order valence-electron chi connectivity index (χ4n) is 3.31. The molecule has 1 heterocycles. The molecule has 1 saturated carbocycles. The van der Waals surface area contributed by atoms with E-state index in [1.54, 1.807) is 0 Å². The van der Waals surface area contributed by atoms with Gasteiger partial charge in [0.05, 0.1) is 11.3 Å². The summed E-state index contributed by atoms with van der Waals surface area (Å²) in [7, 11) is -2.94. The molecule has 0 aliphatic heterocycles. The Morgan fingerprint density at radius 1 is 1.26 bits per heavy atom. The third-order valence-corrected chi connectivity index (χ3v) is 5.87. The lowest BCUT2D eigenvalue weighted by Crippen LogP contribution is -2.24. The number of pyridine rings is 1. The van der Waals surface area contributed by atoms with Gasteiger partial charge >= 0.3 is 0 Å². The van der Waals surface area contributed by atoms with Crippen molar-refractivity contribution in [3.8, 4) is 0 Å². The van der Waals surface area contributed by atoms with E-state index < -0.39 is 9.84 Å². The average Bonchev–Trinajstić information content (AvgIpc) is 3.23. The topological polar surface area (TPSA) is 59.1 Å². The molecular formula is C18H24N2O2S. The Bertz CT molecular complexity index is 839. The molecule has 1 aliphatic rings. The zero-order chi connectivity index (χ0) is 16.7. The van der Waals surface area contributed by atoms with Crippen LogP contribution in [0.1, 0.15) is 31.0 Å². The van der Waals surface area contributed by atoms with Crippen LogP contribution in [-0.2, 0) is 16.3 Å². The lowest BCUT2D eigenvalue weighted by Gasteiger charge is -2.20. The molecule has 124 valence electrons. The van der Waals surface area contributed by atoms with Gasteiger partial charge in [0.2, 0.25) is 0 Å². The fourth-order valence-corrected chi connectivity index (χ4v) is 4.81. The van der Waals surface area contributed by atoms with Gasteiger partial charge in [-0.05, 0) is 37.8 Å². The minimum atomic E-state index is -2.94. The van der Waals surface area contributed by atoms with E-state index in [4.69, 9.17) is 4.98 Å². The molecule has 0 amide bonds. The second-order valence-electron chi connectivity index (χ2n) is 6.85. The number of aryl methyl sites for hydroxylation is 1. The summed E-state index contributed by atoms with van der Waals surface area (Å²) in [4.78, 5) is 4.74. The third kappa shape index (κ3) is 3.50. The molecule has 4 nitrogen and oxygen atoms in total. The van der Waals surface area contributed by atoms with E-state index in [9.17, 15) is 8.42 Å². The van der Waals surface area contributed by atoms with Gasteiger partial charge in [-0.3, -0.25) is 4.98 Å². The van der Waals surface area contributed by atoms with Crippen molar-refractivity contribution in [2.45, 2.75) is 33.1 Å². The average molecular weight is 332 g/mol. The number of para-hydroxylation sites is 1. The van der Waals surface area contributed by atoms with Gasteiger partial charge in [0.15, 0.2) is 0 Å². The van der Waals surface area contributed by atoms with Crippen LogP contribution in [0.5, 0.6) is 0 Å². The first-order valence-electron chi connectivity index (χ1n) is 8.13. The second kappa shape index (κ2) is 5.78. The summed E-state index contributed by atoms with van der Waals surface area (Å²) in [5.74, 6) is 0.274. The molecular weight excluding hydrogens is 308 g/mol. The Morgan fingerprint density at radius 3 is 2.57 bits per heavy atom. The predicted octanol–water partition coefficient (Wildman–Crippen LogP) is 3.34. The van der Waals surface area contributed by atoms with Gasteiger partial charge in [-0.25, -0.2) is 8.42 Å². The predicted molar refractivity (Wildman–Crippen MR) is 95.7 cm³/mol. The van der Waals surface area contributed by atoms with Crippen LogP contribution in [0.4, 0.5) is 5.69 Å². The lowest BCUT2D eigenvalue weighted by molar-refractivity contribution is 0.561. The Hall–Kier alpha value is -1.62. The molecule has 0 radical (unpaired) electrons. The van der Waals surface area contributed by atoms with Gasteiger partial charge < -0.3 is 5.32 Å². The highest BCUT2D eigenvalue weighted by atomic mass is 32.2.